The normalized spacial score (nSPS) is 15.0. The van der Waals surface area contributed by atoms with Crippen molar-refractivity contribution in [2.45, 2.75) is 18.9 Å². The molecule has 0 saturated heterocycles. The van der Waals surface area contributed by atoms with E-state index in [1.165, 1.54) is 0 Å². The number of carbonyl (C=O) groups is 1. The number of aliphatic hydroxyl groups excluding tert-OH is 1. The van der Waals surface area contributed by atoms with E-state index in [1.54, 1.807) is 0 Å². The summed E-state index contributed by atoms with van der Waals surface area (Å²) in [7, 11) is 0. The molecule has 4 heteroatoms. The molecule has 1 atom stereocenters. The molecule has 2 N–H and O–H groups in total. The van der Waals surface area contributed by atoms with Crippen LogP contribution in [-0.4, -0.2) is 24.4 Å². The van der Waals surface area contributed by atoms with Crippen LogP contribution in [0.25, 0.3) is 0 Å². The van der Waals surface area contributed by atoms with Gasteiger partial charge in [-0.15, -0.1) is 0 Å². The van der Waals surface area contributed by atoms with Crippen molar-refractivity contribution in [2.24, 2.45) is 0 Å². The molecule has 2 aromatic rings. The molecule has 122 valence electrons. The van der Waals surface area contributed by atoms with Crippen molar-refractivity contribution in [1.29, 1.82) is 0 Å². The molecule has 2 aromatic carbocycles. The minimum absolute atomic E-state index is 0.0372. The summed E-state index contributed by atoms with van der Waals surface area (Å²) >= 11 is 0. The zero-order valence-corrected chi connectivity index (χ0v) is 13.3. The lowest BCUT2D eigenvalue weighted by Gasteiger charge is -2.22. The van der Waals surface area contributed by atoms with Gasteiger partial charge in [-0.05, 0) is 24.1 Å². The van der Waals surface area contributed by atoms with Crippen molar-refractivity contribution in [3.05, 3.63) is 70.8 Å². The molecule has 1 unspecified atom stereocenters. The van der Waals surface area contributed by atoms with Gasteiger partial charge < -0.3 is 15.2 Å². The van der Waals surface area contributed by atoms with E-state index in [4.69, 9.17) is 9.84 Å². The monoisotopic (exact) mass is 321 g/mol. The van der Waals surface area contributed by atoms with Crippen LogP contribution in [0.2, 0.25) is 0 Å². The maximum Gasteiger partial charge on any atom is 0.407 e. The van der Waals surface area contributed by atoms with E-state index in [-0.39, 0.29) is 6.61 Å². The van der Waals surface area contributed by atoms with Crippen LogP contribution in [0.5, 0.6) is 0 Å². The van der Waals surface area contributed by atoms with Crippen LogP contribution < -0.4 is 5.32 Å². The Morgan fingerprint density at radius 1 is 1.12 bits per heavy atom. The Morgan fingerprint density at radius 3 is 2.67 bits per heavy atom. The number of ether oxygens (including phenoxy) is 1. The Morgan fingerprint density at radius 2 is 1.83 bits per heavy atom. The van der Waals surface area contributed by atoms with Gasteiger partial charge in [0.15, 0.2) is 0 Å². The molecule has 0 bridgehead atoms. The van der Waals surface area contributed by atoms with Crippen LogP contribution in [0, 0.1) is 11.8 Å². The molecule has 1 aliphatic carbocycles. The third kappa shape index (κ3) is 3.76. The predicted octanol–water partition coefficient (Wildman–Crippen LogP) is 2.79. The van der Waals surface area contributed by atoms with Gasteiger partial charge in [0.2, 0.25) is 0 Å². The lowest BCUT2D eigenvalue weighted by Crippen LogP contribution is -2.28. The van der Waals surface area contributed by atoms with E-state index < -0.39 is 12.2 Å². The Kier molecular flexibility index (Phi) is 5.15. The van der Waals surface area contributed by atoms with Gasteiger partial charge in [-0.25, -0.2) is 4.79 Å². The zero-order chi connectivity index (χ0) is 16.8. The highest BCUT2D eigenvalue weighted by atomic mass is 16.6. The number of hydrogen-bond donors (Lipinski definition) is 2. The number of benzene rings is 2. The Bertz CT molecular complexity index is 789. The molecular weight excluding hydrogens is 302 g/mol. The Balaban J connectivity index is 1.88. The molecule has 4 nitrogen and oxygen atoms in total. The largest absolute Gasteiger partial charge is 0.441 e. The van der Waals surface area contributed by atoms with Gasteiger partial charge in [-0.3, -0.25) is 0 Å². The number of alkyl carbamates (subject to hydrolysis) is 1. The smallest absolute Gasteiger partial charge is 0.407 e. The van der Waals surface area contributed by atoms with Crippen molar-refractivity contribution in [1.82, 2.24) is 5.32 Å². The maximum atomic E-state index is 12.1. The first-order valence-electron chi connectivity index (χ1n) is 8.02. The Labute approximate surface area is 141 Å². The van der Waals surface area contributed by atoms with Crippen molar-refractivity contribution in [3.8, 4) is 11.8 Å². The van der Waals surface area contributed by atoms with E-state index in [0.29, 0.717) is 19.4 Å². The van der Waals surface area contributed by atoms with Crippen LogP contribution in [0.4, 0.5) is 4.79 Å². The van der Waals surface area contributed by atoms with Crippen molar-refractivity contribution < 1.29 is 14.6 Å². The molecule has 0 spiro atoms. The van der Waals surface area contributed by atoms with Crippen LogP contribution in [0.3, 0.4) is 0 Å². The first-order chi connectivity index (χ1) is 11.8. The summed E-state index contributed by atoms with van der Waals surface area (Å²) in [6.07, 6.45) is 0.209. The first-order valence-corrected chi connectivity index (χ1v) is 8.02. The van der Waals surface area contributed by atoms with Gasteiger partial charge in [0.25, 0.3) is 0 Å². The minimum atomic E-state index is -0.478. The molecular formula is C20H19NO3. The number of aliphatic hydroxyl groups is 1. The van der Waals surface area contributed by atoms with Crippen LogP contribution >= 0.6 is 0 Å². The second kappa shape index (κ2) is 7.67. The average molecular weight is 321 g/mol. The average Bonchev–Trinajstić information content (AvgIpc) is 2.59. The fraction of sp³-hybridized carbons (Fsp3) is 0.250. The maximum absolute atomic E-state index is 12.1. The number of hydrogen-bond acceptors (Lipinski definition) is 3. The van der Waals surface area contributed by atoms with E-state index >= 15 is 0 Å². The van der Waals surface area contributed by atoms with Gasteiger partial charge in [-0.1, -0.05) is 48.2 Å². The molecule has 0 heterocycles. The predicted molar refractivity (Wildman–Crippen MR) is 91.5 cm³/mol. The number of carbonyl (C=O) groups excluding carboxylic acids is 1. The fourth-order valence-electron chi connectivity index (χ4n) is 2.70. The SMILES string of the molecule is O=C(NCCCO)OC1Cc2ccccc2C#Cc2ccccc21. The molecule has 0 saturated carbocycles. The molecule has 0 fully saturated rings. The quantitative estimate of drug-likeness (QED) is 0.672. The van der Waals surface area contributed by atoms with Gasteiger partial charge in [-0.2, -0.15) is 0 Å². The summed E-state index contributed by atoms with van der Waals surface area (Å²) in [5.41, 5.74) is 3.81. The number of fused-ring (bicyclic) bond motifs is 2. The number of rotatable bonds is 4. The lowest BCUT2D eigenvalue weighted by molar-refractivity contribution is 0.0968. The second-order valence-corrected chi connectivity index (χ2v) is 5.60. The highest BCUT2D eigenvalue weighted by Gasteiger charge is 2.22. The van der Waals surface area contributed by atoms with Crippen LogP contribution in [-0.2, 0) is 11.2 Å². The summed E-state index contributed by atoms with van der Waals surface area (Å²) in [5.74, 6) is 6.39. The molecule has 1 amide bonds. The molecule has 24 heavy (non-hydrogen) atoms. The fourth-order valence-corrected chi connectivity index (χ4v) is 2.70. The van der Waals surface area contributed by atoms with E-state index in [1.807, 2.05) is 48.5 Å². The molecule has 3 rings (SSSR count). The van der Waals surface area contributed by atoms with E-state index in [9.17, 15) is 4.79 Å². The van der Waals surface area contributed by atoms with E-state index in [0.717, 1.165) is 22.3 Å². The van der Waals surface area contributed by atoms with Gasteiger partial charge in [0.1, 0.15) is 6.10 Å². The highest BCUT2D eigenvalue weighted by Crippen LogP contribution is 2.28. The van der Waals surface area contributed by atoms with E-state index in [2.05, 4.69) is 17.2 Å². The molecule has 0 aliphatic heterocycles. The molecule has 0 aromatic heterocycles. The number of amides is 1. The van der Waals surface area contributed by atoms with Crippen molar-refractivity contribution >= 4 is 6.09 Å². The summed E-state index contributed by atoms with van der Waals surface area (Å²) in [5, 5.41) is 11.5. The third-order valence-electron chi connectivity index (χ3n) is 3.92. The molecule has 0 radical (unpaired) electrons. The topological polar surface area (TPSA) is 58.6 Å². The highest BCUT2D eigenvalue weighted by molar-refractivity contribution is 5.68. The van der Waals surface area contributed by atoms with Gasteiger partial charge in [0.05, 0.1) is 0 Å². The molecule has 1 aliphatic rings. The standard InChI is InChI=1S/C20H19NO3/c22-13-5-12-21-20(23)24-19-14-17-8-2-1-6-15(17)10-11-16-7-3-4-9-18(16)19/h1-4,6-9,19,22H,5,12-14H2,(H,21,23). The Hall–Kier alpha value is -2.77. The number of nitrogens with one attached hydrogen (secondary N) is 1. The zero-order valence-electron chi connectivity index (χ0n) is 13.3. The lowest BCUT2D eigenvalue weighted by atomic mass is 9.92. The first kappa shape index (κ1) is 16.1. The van der Waals surface area contributed by atoms with Crippen LogP contribution in [0.15, 0.2) is 48.5 Å². The second-order valence-electron chi connectivity index (χ2n) is 5.60. The summed E-state index contributed by atoms with van der Waals surface area (Å²) in [6, 6.07) is 15.7. The third-order valence-corrected chi connectivity index (χ3v) is 3.92. The van der Waals surface area contributed by atoms with Gasteiger partial charge in [0, 0.05) is 36.3 Å². The van der Waals surface area contributed by atoms with Crippen molar-refractivity contribution in [3.63, 3.8) is 0 Å². The summed E-state index contributed by atoms with van der Waals surface area (Å²) < 4.78 is 5.66. The summed E-state index contributed by atoms with van der Waals surface area (Å²) in [6.45, 7) is 0.426. The van der Waals surface area contributed by atoms with Crippen LogP contribution in [0.1, 0.15) is 34.8 Å². The minimum Gasteiger partial charge on any atom is -0.441 e. The van der Waals surface area contributed by atoms with Gasteiger partial charge >= 0.3 is 6.09 Å². The summed E-state index contributed by atoms with van der Waals surface area (Å²) in [4.78, 5) is 12.1. The van der Waals surface area contributed by atoms with Crippen molar-refractivity contribution in [2.75, 3.05) is 13.2 Å².